The summed E-state index contributed by atoms with van der Waals surface area (Å²) in [7, 11) is 0. The molecule has 0 spiro atoms. The van der Waals surface area contributed by atoms with E-state index in [4.69, 9.17) is 15.6 Å². The van der Waals surface area contributed by atoms with Crippen molar-refractivity contribution in [3.63, 3.8) is 0 Å². The number of ether oxygens (including phenoxy) is 1. The molecule has 0 aliphatic carbocycles. The molecule has 0 unspecified atom stereocenters. The molecule has 178 valence electrons. The lowest BCUT2D eigenvalue weighted by molar-refractivity contribution is 0.0690. The second kappa shape index (κ2) is 9.75. The molecule has 0 atom stereocenters. The summed E-state index contributed by atoms with van der Waals surface area (Å²) in [5, 5.41) is 9.17. The maximum absolute atomic E-state index is 13.6. The van der Waals surface area contributed by atoms with Gasteiger partial charge in [0.1, 0.15) is 23.8 Å². The average molecular weight is 481 g/mol. The van der Waals surface area contributed by atoms with Crippen molar-refractivity contribution < 1.29 is 27.8 Å². The highest BCUT2D eigenvalue weighted by atomic mass is 19.3. The van der Waals surface area contributed by atoms with Gasteiger partial charge in [0.2, 0.25) is 11.8 Å². The number of anilines is 1. The molecule has 1 aromatic carbocycles. The third kappa shape index (κ3) is 5.35. The van der Waals surface area contributed by atoms with E-state index in [9.17, 15) is 18.0 Å². The number of aromatic carboxylic acids is 1. The largest absolute Gasteiger partial charge is 0.477 e. The normalized spacial score (nSPS) is 11.0. The van der Waals surface area contributed by atoms with E-state index in [1.807, 2.05) is 0 Å². The van der Waals surface area contributed by atoms with Crippen LogP contribution in [0.1, 0.15) is 34.0 Å². The number of aromatic nitrogens is 4. The first-order valence-corrected chi connectivity index (χ1v) is 10.2. The van der Waals surface area contributed by atoms with Gasteiger partial charge in [-0.15, -0.1) is 0 Å². The fraction of sp³-hybridized carbons (Fsp3) is 0.125. The Kier molecular flexibility index (Phi) is 6.58. The molecule has 3 N–H and O–H groups in total. The van der Waals surface area contributed by atoms with E-state index >= 15 is 0 Å². The number of alkyl halides is 2. The number of nitrogens with zero attached hydrogens (tertiary/aromatic N) is 4. The summed E-state index contributed by atoms with van der Waals surface area (Å²) < 4.78 is 46.4. The van der Waals surface area contributed by atoms with Crippen LogP contribution in [0.2, 0.25) is 0 Å². The first-order valence-electron chi connectivity index (χ1n) is 10.2. The highest BCUT2D eigenvalue weighted by Crippen LogP contribution is 2.39. The van der Waals surface area contributed by atoms with E-state index in [0.717, 1.165) is 0 Å². The van der Waals surface area contributed by atoms with Gasteiger partial charge in [-0.2, -0.15) is 4.98 Å². The Bertz CT molecular complexity index is 1400. The lowest BCUT2D eigenvalue weighted by atomic mass is 9.99. The molecular weight excluding hydrogens is 463 g/mol. The van der Waals surface area contributed by atoms with Crippen molar-refractivity contribution in [3.05, 3.63) is 83.2 Å². The summed E-state index contributed by atoms with van der Waals surface area (Å²) >= 11 is 0. The van der Waals surface area contributed by atoms with Gasteiger partial charge in [0.25, 0.3) is 6.43 Å². The fourth-order valence-corrected chi connectivity index (χ4v) is 3.41. The number of benzene rings is 1. The number of carbonyl (C=O) groups is 1. The molecule has 4 aromatic rings. The average Bonchev–Trinajstić information content (AvgIpc) is 2.82. The number of aryl methyl sites for hydroxylation is 1. The Hall–Kier alpha value is -4.54. The Morgan fingerprint density at radius 2 is 1.77 bits per heavy atom. The van der Waals surface area contributed by atoms with Crippen molar-refractivity contribution in [2.45, 2.75) is 20.0 Å². The Labute approximate surface area is 197 Å². The van der Waals surface area contributed by atoms with E-state index in [0.29, 0.717) is 11.3 Å². The van der Waals surface area contributed by atoms with Gasteiger partial charge in [-0.3, -0.25) is 4.98 Å². The molecular formula is C24H18F3N5O3. The lowest BCUT2D eigenvalue weighted by Crippen LogP contribution is -2.08. The molecule has 4 rings (SSSR count). The van der Waals surface area contributed by atoms with Gasteiger partial charge < -0.3 is 15.6 Å². The molecule has 0 aliphatic heterocycles. The van der Waals surface area contributed by atoms with Gasteiger partial charge >= 0.3 is 5.97 Å². The summed E-state index contributed by atoms with van der Waals surface area (Å²) in [5.74, 6) is -1.90. The van der Waals surface area contributed by atoms with Crippen molar-refractivity contribution in [3.8, 4) is 28.3 Å². The summed E-state index contributed by atoms with van der Waals surface area (Å²) in [6.07, 6.45) is -2.83. The Morgan fingerprint density at radius 1 is 1.03 bits per heavy atom. The minimum absolute atomic E-state index is 0.0508. The number of pyridine rings is 2. The van der Waals surface area contributed by atoms with Crippen LogP contribution in [0.15, 0.2) is 54.6 Å². The molecule has 8 nitrogen and oxygen atoms in total. The molecule has 0 saturated carbocycles. The van der Waals surface area contributed by atoms with Gasteiger partial charge in [-0.05, 0) is 61.0 Å². The smallest absolute Gasteiger partial charge is 0.354 e. The highest BCUT2D eigenvalue weighted by molar-refractivity contribution is 5.86. The number of hydrogen-bond donors (Lipinski definition) is 2. The lowest BCUT2D eigenvalue weighted by Gasteiger charge is -2.16. The Morgan fingerprint density at radius 3 is 2.46 bits per heavy atom. The third-order valence-electron chi connectivity index (χ3n) is 4.88. The molecule has 3 aromatic heterocycles. The molecule has 0 bridgehead atoms. The zero-order chi connectivity index (χ0) is 25.1. The zero-order valence-corrected chi connectivity index (χ0v) is 18.2. The van der Waals surface area contributed by atoms with Crippen LogP contribution in [0, 0.1) is 12.7 Å². The second-order valence-corrected chi connectivity index (χ2v) is 7.45. The predicted molar refractivity (Wildman–Crippen MR) is 120 cm³/mol. The zero-order valence-electron chi connectivity index (χ0n) is 18.2. The van der Waals surface area contributed by atoms with E-state index in [2.05, 4.69) is 19.9 Å². The molecule has 35 heavy (non-hydrogen) atoms. The fourth-order valence-electron chi connectivity index (χ4n) is 3.41. The highest BCUT2D eigenvalue weighted by Gasteiger charge is 2.22. The number of carboxylic acid groups (broad SMARTS) is 1. The summed E-state index contributed by atoms with van der Waals surface area (Å²) in [5.41, 5.74) is 7.08. The van der Waals surface area contributed by atoms with Crippen LogP contribution >= 0.6 is 0 Å². The second-order valence-electron chi connectivity index (χ2n) is 7.45. The van der Waals surface area contributed by atoms with E-state index in [1.165, 1.54) is 42.5 Å². The van der Waals surface area contributed by atoms with Gasteiger partial charge in [0.15, 0.2) is 0 Å². The molecule has 3 heterocycles. The van der Waals surface area contributed by atoms with Crippen molar-refractivity contribution in [2.75, 3.05) is 5.73 Å². The number of nitrogen functional groups attached to an aromatic ring is 1. The maximum atomic E-state index is 13.6. The van der Waals surface area contributed by atoms with Crippen LogP contribution in [0.25, 0.3) is 22.4 Å². The minimum Gasteiger partial charge on any atom is -0.477 e. The number of hydrogen-bond acceptors (Lipinski definition) is 7. The molecule has 0 saturated heterocycles. The van der Waals surface area contributed by atoms with Crippen LogP contribution in [0.4, 0.5) is 19.1 Å². The summed E-state index contributed by atoms with van der Waals surface area (Å²) in [6, 6.07) is 12.5. The number of carboxylic acids is 1. The summed E-state index contributed by atoms with van der Waals surface area (Å²) in [4.78, 5) is 27.5. The van der Waals surface area contributed by atoms with Gasteiger partial charge in [0.05, 0.1) is 17.0 Å². The van der Waals surface area contributed by atoms with Crippen molar-refractivity contribution in [2.24, 2.45) is 0 Å². The molecule has 0 fully saturated rings. The van der Waals surface area contributed by atoms with E-state index in [-0.39, 0.29) is 46.6 Å². The van der Waals surface area contributed by atoms with Crippen molar-refractivity contribution in [1.29, 1.82) is 0 Å². The maximum Gasteiger partial charge on any atom is 0.354 e. The molecule has 0 radical (unpaired) electrons. The van der Waals surface area contributed by atoms with Gasteiger partial charge in [0, 0.05) is 11.3 Å². The van der Waals surface area contributed by atoms with E-state index in [1.54, 1.807) is 19.1 Å². The van der Waals surface area contributed by atoms with Crippen LogP contribution in [0.5, 0.6) is 5.88 Å². The number of nitrogens with two attached hydrogens (primary N) is 1. The van der Waals surface area contributed by atoms with Crippen LogP contribution in [0.3, 0.4) is 0 Å². The van der Waals surface area contributed by atoms with Crippen LogP contribution < -0.4 is 10.5 Å². The van der Waals surface area contributed by atoms with Crippen molar-refractivity contribution >= 4 is 11.9 Å². The SMILES string of the molecule is Cc1cc(-c2c(OCc3cccc(C(=O)O)n3)nc(N)nc2-c2ccc(F)cc2)cc(C(F)F)n1. The standard InChI is InChI=1S/C24H18F3N5O3/c1-12-9-14(10-18(29-12)21(26)27)19-20(13-5-7-15(25)8-6-13)31-24(28)32-22(19)35-11-16-3-2-4-17(30-16)23(33)34/h2-10,21H,11H2,1H3,(H,33,34)(H2,28,31,32). The molecule has 11 heteroatoms. The molecule has 0 aliphatic rings. The van der Waals surface area contributed by atoms with Gasteiger partial charge in [-0.1, -0.05) is 6.07 Å². The molecule has 0 amide bonds. The third-order valence-corrected chi connectivity index (χ3v) is 4.88. The monoisotopic (exact) mass is 481 g/mol. The van der Waals surface area contributed by atoms with Crippen LogP contribution in [-0.4, -0.2) is 31.0 Å². The quantitative estimate of drug-likeness (QED) is 0.384. The predicted octanol–water partition coefficient (Wildman–Crippen LogP) is 4.85. The topological polar surface area (TPSA) is 124 Å². The van der Waals surface area contributed by atoms with Crippen molar-refractivity contribution in [1.82, 2.24) is 19.9 Å². The first-order chi connectivity index (χ1) is 16.7. The number of halogens is 3. The number of rotatable bonds is 7. The van der Waals surface area contributed by atoms with Crippen LogP contribution in [-0.2, 0) is 6.61 Å². The van der Waals surface area contributed by atoms with Gasteiger partial charge in [-0.25, -0.2) is 27.9 Å². The first kappa shape index (κ1) is 23.6. The Balaban J connectivity index is 1.87. The minimum atomic E-state index is -2.83. The summed E-state index contributed by atoms with van der Waals surface area (Å²) in [6.45, 7) is 1.37. The van der Waals surface area contributed by atoms with E-state index < -0.39 is 23.9 Å².